The number of thiol groups is 1. The van der Waals surface area contributed by atoms with Crippen molar-refractivity contribution in [2.75, 3.05) is 14.2 Å². The summed E-state index contributed by atoms with van der Waals surface area (Å²) in [4.78, 5) is 21.2. The number of carbonyl (C=O) groups is 2. The molecule has 0 fully saturated rings. The minimum atomic E-state index is -0.729. The number of hydrogen-bond donors (Lipinski definition) is 1. The molecule has 0 aromatic carbocycles. The van der Waals surface area contributed by atoms with Crippen LogP contribution >= 0.6 is 12.6 Å². The number of ether oxygens (including phenoxy) is 2. The number of rotatable bonds is 3. The minimum Gasteiger partial charge on any atom is -0.469 e. The number of esters is 2. The highest BCUT2D eigenvalue weighted by molar-refractivity contribution is 7.81. The molecule has 0 spiro atoms. The molecule has 0 bridgehead atoms. The van der Waals surface area contributed by atoms with Gasteiger partial charge in [-0.05, 0) is 0 Å². The summed E-state index contributed by atoms with van der Waals surface area (Å²) in [5.74, 6) is -1.01. The standard InChI is InChI=1S/C6H10O4S/c1-9-5(7)3-4(11)6(8)10-2/h4,11H,3H2,1-2H3/t4-/m0/s1. The smallest absolute Gasteiger partial charge is 0.319 e. The van der Waals surface area contributed by atoms with Crippen LogP contribution in [0.1, 0.15) is 6.42 Å². The van der Waals surface area contributed by atoms with Crippen molar-refractivity contribution in [3.8, 4) is 0 Å². The van der Waals surface area contributed by atoms with E-state index in [0.29, 0.717) is 0 Å². The molecule has 0 N–H and O–H groups in total. The van der Waals surface area contributed by atoms with Crippen LogP contribution in [0.3, 0.4) is 0 Å². The van der Waals surface area contributed by atoms with E-state index in [9.17, 15) is 9.59 Å². The van der Waals surface area contributed by atoms with Crippen LogP contribution in [0.2, 0.25) is 0 Å². The number of methoxy groups -OCH3 is 2. The van der Waals surface area contributed by atoms with Gasteiger partial charge in [0.05, 0.1) is 20.6 Å². The third-order valence-corrected chi connectivity index (χ3v) is 1.45. The molecule has 4 nitrogen and oxygen atoms in total. The van der Waals surface area contributed by atoms with Gasteiger partial charge in [-0.1, -0.05) is 0 Å². The molecule has 0 rings (SSSR count). The first-order valence-corrected chi connectivity index (χ1v) is 3.46. The quantitative estimate of drug-likeness (QED) is 0.489. The zero-order valence-corrected chi connectivity index (χ0v) is 7.26. The largest absolute Gasteiger partial charge is 0.469 e. The topological polar surface area (TPSA) is 52.6 Å². The van der Waals surface area contributed by atoms with Crippen molar-refractivity contribution in [3.63, 3.8) is 0 Å². The van der Waals surface area contributed by atoms with E-state index >= 15 is 0 Å². The first-order chi connectivity index (χ1) is 5.11. The van der Waals surface area contributed by atoms with Crippen LogP contribution in [0.15, 0.2) is 0 Å². The Morgan fingerprint density at radius 3 is 2.27 bits per heavy atom. The van der Waals surface area contributed by atoms with E-state index in [2.05, 4.69) is 22.1 Å². The third kappa shape index (κ3) is 3.87. The lowest BCUT2D eigenvalue weighted by molar-refractivity contribution is -0.146. The van der Waals surface area contributed by atoms with E-state index < -0.39 is 17.2 Å². The third-order valence-electron chi connectivity index (χ3n) is 1.06. The van der Waals surface area contributed by atoms with Crippen molar-refractivity contribution < 1.29 is 19.1 Å². The van der Waals surface area contributed by atoms with Crippen LogP contribution in [-0.2, 0) is 19.1 Å². The summed E-state index contributed by atoms with van der Waals surface area (Å²) in [6, 6.07) is 0. The second kappa shape index (κ2) is 5.01. The highest BCUT2D eigenvalue weighted by Crippen LogP contribution is 2.03. The summed E-state index contributed by atoms with van der Waals surface area (Å²) in [5, 5.41) is -0.729. The van der Waals surface area contributed by atoms with E-state index in [1.807, 2.05) is 0 Å². The highest BCUT2D eigenvalue weighted by Gasteiger charge is 2.18. The molecule has 0 saturated heterocycles. The summed E-state index contributed by atoms with van der Waals surface area (Å²) in [5.41, 5.74) is 0. The Balaban J connectivity index is 3.77. The van der Waals surface area contributed by atoms with Gasteiger partial charge in [-0.15, -0.1) is 0 Å². The van der Waals surface area contributed by atoms with E-state index in [-0.39, 0.29) is 6.42 Å². The summed E-state index contributed by atoms with van der Waals surface area (Å²) in [7, 11) is 2.49. The molecule has 11 heavy (non-hydrogen) atoms. The van der Waals surface area contributed by atoms with E-state index in [1.165, 1.54) is 14.2 Å². The molecule has 1 atom stereocenters. The molecule has 5 heteroatoms. The molecule has 0 aromatic heterocycles. The van der Waals surface area contributed by atoms with Gasteiger partial charge < -0.3 is 9.47 Å². The maximum absolute atomic E-state index is 10.7. The minimum absolute atomic E-state index is 0.0632. The van der Waals surface area contributed by atoms with Crippen LogP contribution in [-0.4, -0.2) is 31.4 Å². The van der Waals surface area contributed by atoms with Crippen molar-refractivity contribution in [1.82, 2.24) is 0 Å². The Bertz CT molecular complexity index is 157. The Hall–Kier alpha value is -0.710. The van der Waals surface area contributed by atoms with Crippen molar-refractivity contribution >= 4 is 24.6 Å². The molecule has 0 aromatic rings. The molecule has 0 radical (unpaired) electrons. The van der Waals surface area contributed by atoms with Gasteiger partial charge in [0.1, 0.15) is 5.25 Å². The fourth-order valence-electron chi connectivity index (χ4n) is 0.461. The van der Waals surface area contributed by atoms with Crippen molar-refractivity contribution in [3.05, 3.63) is 0 Å². The van der Waals surface area contributed by atoms with Gasteiger partial charge in [-0.25, -0.2) is 0 Å². The zero-order chi connectivity index (χ0) is 8.85. The Kier molecular flexibility index (Phi) is 4.69. The Labute approximate surface area is 70.3 Å². The van der Waals surface area contributed by atoms with Gasteiger partial charge >= 0.3 is 11.9 Å². The molecule has 0 heterocycles. The lowest BCUT2D eigenvalue weighted by Crippen LogP contribution is -2.20. The van der Waals surface area contributed by atoms with Crippen molar-refractivity contribution in [1.29, 1.82) is 0 Å². The summed E-state index contributed by atoms with van der Waals surface area (Å²) >= 11 is 3.82. The van der Waals surface area contributed by atoms with Crippen molar-refractivity contribution in [2.45, 2.75) is 11.7 Å². The average Bonchev–Trinajstić information content (AvgIpc) is 2.02. The van der Waals surface area contributed by atoms with Gasteiger partial charge in [0.25, 0.3) is 0 Å². The number of hydrogen-bond acceptors (Lipinski definition) is 5. The fourth-order valence-corrected chi connectivity index (χ4v) is 0.715. The van der Waals surface area contributed by atoms with E-state index in [1.54, 1.807) is 0 Å². The van der Waals surface area contributed by atoms with Crippen LogP contribution in [0.5, 0.6) is 0 Å². The van der Waals surface area contributed by atoms with Crippen LogP contribution in [0.4, 0.5) is 0 Å². The summed E-state index contributed by atoms with van der Waals surface area (Å²) in [6.45, 7) is 0. The van der Waals surface area contributed by atoms with Gasteiger partial charge in [-0.3, -0.25) is 9.59 Å². The predicted molar refractivity (Wildman–Crippen MR) is 41.4 cm³/mol. The highest BCUT2D eigenvalue weighted by atomic mass is 32.1. The summed E-state index contributed by atoms with van der Waals surface area (Å²) < 4.78 is 8.65. The molecule has 64 valence electrons. The molecule has 0 aliphatic rings. The Morgan fingerprint density at radius 1 is 1.36 bits per heavy atom. The van der Waals surface area contributed by atoms with E-state index in [4.69, 9.17) is 0 Å². The summed E-state index contributed by atoms with van der Waals surface area (Å²) in [6.07, 6.45) is -0.0632. The molecule has 0 aliphatic heterocycles. The van der Waals surface area contributed by atoms with Crippen molar-refractivity contribution in [2.24, 2.45) is 0 Å². The first kappa shape index (κ1) is 10.3. The van der Waals surface area contributed by atoms with Gasteiger partial charge in [-0.2, -0.15) is 12.6 Å². The second-order valence-corrected chi connectivity index (χ2v) is 2.44. The zero-order valence-electron chi connectivity index (χ0n) is 6.36. The molecule has 0 amide bonds. The normalized spacial score (nSPS) is 11.9. The molecule has 0 saturated carbocycles. The lowest BCUT2D eigenvalue weighted by Gasteiger charge is -2.05. The maximum Gasteiger partial charge on any atom is 0.319 e. The van der Waals surface area contributed by atoms with E-state index in [0.717, 1.165) is 0 Å². The van der Waals surface area contributed by atoms with Gasteiger partial charge in [0.15, 0.2) is 0 Å². The van der Waals surface area contributed by atoms with Crippen LogP contribution in [0.25, 0.3) is 0 Å². The average molecular weight is 178 g/mol. The van der Waals surface area contributed by atoms with Gasteiger partial charge in [0.2, 0.25) is 0 Å². The molecular formula is C6H10O4S. The second-order valence-electron chi connectivity index (χ2n) is 1.82. The molecule has 0 aliphatic carbocycles. The monoisotopic (exact) mass is 178 g/mol. The van der Waals surface area contributed by atoms with Crippen LogP contribution < -0.4 is 0 Å². The first-order valence-electron chi connectivity index (χ1n) is 2.94. The SMILES string of the molecule is COC(=O)C[C@H](S)C(=O)OC. The predicted octanol–water partition coefficient (Wildman–Crippen LogP) is 0.0209. The molecular weight excluding hydrogens is 168 g/mol. The Morgan fingerprint density at radius 2 is 1.91 bits per heavy atom. The maximum atomic E-state index is 10.7. The van der Waals surface area contributed by atoms with Gasteiger partial charge in [0, 0.05) is 0 Å². The number of carbonyl (C=O) groups excluding carboxylic acids is 2. The fraction of sp³-hybridized carbons (Fsp3) is 0.667. The lowest BCUT2D eigenvalue weighted by atomic mass is 10.3. The molecule has 0 unspecified atom stereocenters. The van der Waals surface area contributed by atoms with Crippen LogP contribution in [0, 0.1) is 0 Å².